The third-order valence-electron chi connectivity index (χ3n) is 5.36. The lowest BCUT2D eigenvalue weighted by atomic mass is 10.0. The third-order valence-corrected chi connectivity index (χ3v) is 5.36. The van der Waals surface area contributed by atoms with Gasteiger partial charge in [0.05, 0.1) is 25.8 Å². The average Bonchev–Trinajstić information content (AvgIpc) is 2.91. The summed E-state index contributed by atoms with van der Waals surface area (Å²) in [6.07, 6.45) is 7.46. The highest BCUT2D eigenvalue weighted by Gasteiger charge is 2.23. The molecule has 1 aromatic carbocycles. The van der Waals surface area contributed by atoms with Crippen LogP contribution in [0.4, 0.5) is 4.39 Å². The summed E-state index contributed by atoms with van der Waals surface area (Å²) < 4.78 is 19.2. The Balaban J connectivity index is 1.66. The van der Waals surface area contributed by atoms with Crippen LogP contribution in [0.15, 0.2) is 29.3 Å². The highest BCUT2D eigenvalue weighted by Crippen LogP contribution is 2.23. The first-order valence-corrected chi connectivity index (χ1v) is 9.86. The molecule has 2 aliphatic rings. The highest BCUT2D eigenvalue weighted by molar-refractivity contribution is 5.78. The van der Waals surface area contributed by atoms with Crippen LogP contribution in [0.2, 0.25) is 0 Å². The van der Waals surface area contributed by atoms with Crippen LogP contribution in [-0.2, 0) is 4.74 Å². The topological polar surface area (TPSA) is 62.9 Å². The third kappa shape index (κ3) is 5.68. The van der Waals surface area contributed by atoms with E-state index in [1.165, 1.54) is 31.7 Å². The second-order valence-electron chi connectivity index (χ2n) is 7.28. The van der Waals surface area contributed by atoms with Crippen molar-refractivity contribution in [1.29, 1.82) is 0 Å². The summed E-state index contributed by atoms with van der Waals surface area (Å²) in [5.41, 5.74) is 7.11. The summed E-state index contributed by atoms with van der Waals surface area (Å²) in [5, 5.41) is 3.39. The number of aliphatic imine (C=N–C) groups is 1. The smallest absolute Gasteiger partial charge is 0.188 e. The van der Waals surface area contributed by atoms with Crippen LogP contribution >= 0.6 is 0 Å². The van der Waals surface area contributed by atoms with E-state index in [2.05, 4.69) is 15.2 Å². The molecule has 0 radical (unpaired) electrons. The minimum Gasteiger partial charge on any atom is -0.379 e. The van der Waals surface area contributed by atoms with Gasteiger partial charge in [-0.1, -0.05) is 37.8 Å². The van der Waals surface area contributed by atoms with Gasteiger partial charge in [-0.25, -0.2) is 4.39 Å². The second kappa shape index (κ2) is 9.88. The van der Waals surface area contributed by atoms with E-state index in [1.807, 2.05) is 6.07 Å². The number of benzene rings is 1. The molecule has 144 valence electrons. The van der Waals surface area contributed by atoms with Crippen molar-refractivity contribution in [2.45, 2.75) is 50.6 Å². The van der Waals surface area contributed by atoms with Gasteiger partial charge in [-0.15, -0.1) is 0 Å². The molecule has 3 rings (SSSR count). The predicted octanol–water partition coefficient (Wildman–Crippen LogP) is 2.83. The molecule has 3 N–H and O–H groups in total. The van der Waals surface area contributed by atoms with E-state index in [9.17, 15) is 4.39 Å². The largest absolute Gasteiger partial charge is 0.379 e. The fourth-order valence-electron chi connectivity index (χ4n) is 3.90. The number of morpholine rings is 1. The molecule has 1 aliphatic carbocycles. The molecule has 0 amide bonds. The molecule has 1 saturated carbocycles. The number of guanidine groups is 1. The van der Waals surface area contributed by atoms with Gasteiger partial charge in [-0.3, -0.25) is 9.89 Å². The SMILES string of the molecule is NC(=NCC(c1cccc(F)c1)N1CCOCC1)NC1CCCCCC1. The fraction of sp³-hybridized carbons (Fsp3) is 0.650. The maximum Gasteiger partial charge on any atom is 0.188 e. The number of hydrogen-bond donors (Lipinski definition) is 2. The summed E-state index contributed by atoms with van der Waals surface area (Å²) in [6.45, 7) is 3.57. The van der Waals surface area contributed by atoms with Crippen LogP contribution in [0.1, 0.15) is 50.1 Å². The van der Waals surface area contributed by atoms with Gasteiger partial charge in [-0.2, -0.15) is 0 Å². The van der Waals surface area contributed by atoms with Crippen molar-refractivity contribution in [3.63, 3.8) is 0 Å². The zero-order chi connectivity index (χ0) is 18.2. The van der Waals surface area contributed by atoms with Crippen LogP contribution in [0.5, 0.6) is 0 Å². The number of nitrogens with zero attached hydrogens (tertiary/aromatic N) is 2. The first kappa shape index (κ1) is 19.1. The molecule has 0 bridgehead atoms. The zero-order valence-corrected chi connectivity index (χ0v) is 15.5. The average molecular weight is 362 g/mol. The Bertz CT molecular complexity index is 581. The molecular formula is C20H31FN4O. The van der Waals surface area contributed by atoms with E-state index in [-0.39, 0.29) is 11.9 Å². The van der Waals surface area contributed by atoms with Gasteiger partial charge in [0, 0.05) is 19.1 Å². The summed E-state index contributed by atoms with van der Waals surface area (Å²) in [4.78, 5) is 6.92. The number of nitrogens with two attached hydrogens (primary N) is 1. The minimum atomic E-state index is -0.214. The Morgan fingerprint density at radius 1 is 1.23 bits per heavy atom. The maximum atomic E-state index is 13.7. The Morgan fingerprint density at radius 3 is 2.65 bits per heavy atom. The first-order valence-electron chi connectivity index (χ1n) is 9.86. The molecule has 2 fully saturated rings. The van der Waals surface area contributed by atoms with Crippen LogP contribution < -0.4 is 11.1 Å². The summed E-state index contributed by atoms with van der Waals surface area (Å²) >= 11 is 0. The molecule has 1 unspecified atom stereocenters. The van der Waals surface area contributed by atoms with Gasteiger partial charge in [0.2, 0.25) is 0 Å². The van der Waals surface area contributed by atoms with Gasteiger partial charge in [0.15, 0.2) is 5.96 Å². The maximum absolute atomic E-state index is 13.7. The summed E-state index contributed by atoms with van der Waals surface area (Å²) in [6, 6.07) is 7.25. The van der Waals surface area contributed by atoms with Crippen LogP contribution in [-0.4, -0.2) is 49.7 Å². The van der Waals surface area contributed by atoms with Crippen molar-refractivity contribution in [3.05, 3.63) is 35.6 Å². The van der Waals surface area contributed by atoms with Crippen molar-refractivity contribution >= 4 is 5.96 Å². The number of nitrogens with one attached hydrogen (secondary N) is 1. The van der Waals surface area contributed by atoms with E-state index in [4.69, 9.17) is 10.5 Å². The van der Waals surface area contributed by atoms with Crippen LogP contribution in [0.25, 0.3) is 0 Å². The van der Waals surface area contributed by atoms with Crippen molar-refractivity contribution in [1.82, 2.24) is 10.2 Å². The monoisotopic (exact) mass is 362 g/mol. The molecule has 6 heteroatoms. The standard InChI is InChI=1S/C20H31FN4O/c21-17-7-5-6-16(14-17)19(25-10-12-26-13-11-25)15-23-20(22)24-18-8-3-1-2-4-9-18/h5-7,14,18-19H,1-4,8-13,15H2,(H3,22,23,24). The van der Waals surface area contributed by atoms with E-state index < -0.39 is 0 Å². The predicted molar refractivity (Wildman–Crippen MR) is 103 cm³/mol. The lowest BCUT2D eigenvalue weighted by Gasteiger charge is -2.34. The number of hydrogen-bond acceptors (Lipinski definition) is 3. The van der Waals surface area contributed by atoms with Crippen LogP contribution in [0, 0.1) is 5.82 Å². The quantitative estimate of drug-likeness (QED) is 0.480. The van der Waals surface area contributed by atoms with E-state index >= 15 is 0 Å². The normalized spacial score (nSPS) is 22.0. The lowest BCUT2D eigenvalue weighted by Crippen LogP contribution is -2.42. The van der Waals surface area contributed by atoms with Crippen molar-refractivity contribution in [2.24, 2.45) is 10.7 Å². The van der Waals surface area contributed by atoms with Gasteiger partial charge >= 0.3 is 0 Å². The van der Waals surface area contributed by atoms with Crippen LogP contribution in [0.3, 0.4) is 0 Å². The molecule has 5 nitrogen and oxygen atoms in total. The Labute approximate surface area is 155 Å². The molecule has 26 heavy (non-hydrogen) atoms. The Kier molecular flexibility index (Phi) is 7.26. The van der Waals surface area contributed by atoms with Gasteiger partial charge in [-0.05, 0) is 30.5 Å². The summed E-state index contributed by atoms with van der Waals surface area (Å²) in [5.74, 6) is 0.292. The molecule has 1 aliphatic heterocycles. The molecular weight excluding hydrogens is 331 g/mol. The molecule has 0 aromatic heterocycles. The number of ether oxygens (including phenoxy) is 1. The second-order valence-corrected chi connectivity index (χ2v) is 7.28. The highest BCUT2D eigenvalue weighted by atomic mass is 19.1. The molecule has 0 spiro atoms. The van der Waals surface area contributed by atoms with Crippen molar-refractivity contribution in [2.75, 3.05) is 32.8 Å². The van der Waals surface area contributed by atoms with Crippen molar-refractivity contribution in [3.8, 4) is 0 Å². The van der Waals surface area contributed by atoms with Gasteiger partial charge in [0.25, 0.3) is 0 Å². The zero-order valence-electron chi connectivity index (χ0n) is 15.5. The number of halogens is 1. The summed E-state index contributed by atoms with van der Waals surface area (Å²) in [7, 11) is 0. The molecule has 1 saturated heterocycles. The Hall–Kier alpha value is -1.66. The molecule has 1 aromatic rings. The molecule has 1 heterocycles. The van der Waals surface area contributed by atoms with Gasteiger partial charge in [0.1, 0.15) is 5.82 Å². The first-order chi connectivity index (χ1) is 12.7. The Morgan fingerprint density at radius 2 is 1.96 bits per heavy atom. The van der Waals surface area contributed by atoms with E-state index in [0.29, 0.717) is 31.8 Å². The van der Waals surface area contributed by atoms with Gasteiger partial charge < -0.3 is 15.8 Å². The fourth-order valence-corrected chi connectivity index (χ4v) is 3.90. The molecule has 1 atom stereocenters. The van der Waals surface area contributed by atoms with Crippen molar-refractivity contribution < 1.29 is 9.13 Å². The van der Waals surface area contributed by atoms with E-state index in [1.54, 1.807) is 12.1 Å². The minimum absolute atomic E-state index is 0.0177. The lowest BCUT2D eigenvalue weighted by molar-refractivity contribution is 0.0179. The van der Waals surface area contributed by atoms with E-state index in [0.717, 1.165) is 31.5 Å². The number of rotatable bonds is 5.